The van der Waals surface area contributed by atoms with E-state index in [0.717, 1.165) is 16.1 Å². The average molecular weight is 319 g/mol. The maximum atomic E-state index is 12.1. The van der Waals surface area contributed by atoms with E-state index < -0.39 is 5.97 Å². The van der Waals surface area contributed by atoms with Crippen molar-refractivity contribution >= 4 is 23.2 Å². The predicted molar refractivity (Wildman–Crippen MR) is 87.1 cm³/mol. The van der Waals surface area contributed by atoms with Gasteiger partial charge in [0, 0.05) is 11.4 Å². The van der Waals surface area contributed by atoms with E-state index >= 15 is 0 Å². The monoisotopic (exact) mass is 319 g/mol. The Kier molecular flexibility index (Phi) is 4.21. The van der Waals surface area contributed by atoms with E-state index in [-0.39, 0.29) is 11.5 Å². The number of carbonyl (C=O) groups is 1. The second-order valence-electron chi connectivity index (χ2n) is 4.77. The molecule has 0 atom stereocenters. The molecule has 3 aromatic rings. The third kappa shape index (κ3) is 2.68. The van der Waals surface area contributed by atoms with Gasteiger partial charge in [-0.25, -0.2) is 4.79 Å². The summed E-state index contributed by atoms with van der Waals surface area (Å²) in [6.45, 7) is 0. The number of benzene rings is 2. The van der Waals surface area contributed by atoms with Crippen LogP contribution in [-0.2, 0) is 4.74 Å². The third-order valence-corrected chi connectivity index (χ3v) is 3.36. The number of aromatic nitrogens is 3. The fourth-order valence-electron chi connectivity index (χ4n) is 2.32. The van der Waals surface area contributed by atoms with Crippen molar-refractivity contribution in [2.24, 2.45) is 0 Å². The fourth-order valence-corrected chi connectivity index (χ4v) is 2.32. The highest BCUT2D eigenvalue weighted by Crippen LogP contribution is 2.35. The van der Waals surface area contributed by atoms with Crippen molar-refractivity contribution in [3.8, 4) is 6.19 Å². The van der Waals surface area contributed by atoms with Gasteiger partial charge in [0.25, 0.3) is 0 Å². The maximum absolute atomic E-state index is 12.1. The van der Waals surface area contributed by atoms with Crippen LogP contribution in [-0.4, -0.2) is 28.1 Å². The van der Waals surface area contributed by atoms with E-state index in [0.29, 0.717) is 0 Å². The lowest BCUT2D eigenvalue weighted by atomic mass is 10.2. The molecule has 0 aliphatic carbocycles. The molecular formula is C17H13N5O2. The predicted octanol–water partition coefficient (Wildman–Crippen LogP) is 2.86. The van der Waals surface area contributed by atoms with E-state index in [1.807, 2.05) is 66.9 Å². The van der Waals surface area contributed by atoms with Gasteiger partial charge in [-0.3, -0.25) is 4.90 Å². The van der Waals surface area contributed by atoms with E-state index in [1.165, 1.54) is 7.11 Å². The molecule has 1 aromatic heterocycles. The number of hydrogen-bond donors (Lipinski definition) is 0. The Labute approximate surface area is 138 Å². The summed E-state index contributed by atoms with van der Waals surface area (Å²) < 4.78 is 5.76. The highest BCUT2D eigenvalue weighted by atomic mass is 16.5. The quantitative estimate of drug-likeness (QED) is 0.688. The molecule has 0 unspecified atom stereocenters. The molecule has 24 heavy (non-hydrogen) atoms. The largest absolute Gasteiger partial charge is 0.464 e. The Balaban J connectivity index is 2.26. The smallest absolute Gasteiger partial charge is 0.362 e. The van der Waals surface area contributed by atoms with Crippen molar-refractivity contribution in [3.63, 3.8) is 0 Å². The van der Waals surface area contributed by atoms with E-state index in [9.17, 15) is 10.1 Å². The number of nitrogens with zero attached hydrogens (tertiary/aromatic N) is 5. The molecule has 1 heterocycles. The van der Waals surface area contributed by atoms with Crippen molar-refractivity contribution in [2.75, 3.05) is 12.0 Å². The van der Waals surface area contributed by atoms with Crippen LogP contribution in [0.1, 0.15) is 10.5 Å². The fraction of sp³-hybridized carbons (Fsp3) is 0.0588. The Morgan fingerprint density at radius 2 is 1.62 bits per heavy atom. The van der Waals surface area contributed by atoms with Crippen LogP contribution in [0.5, 0.6) is 0 Å². The summed E-state index contributed by atoms with van der Waals surface area (Å²) in [4.78, 5) is 13.8. The zero-order chi connectivity index (χ0) is 16.9. The summed E-state index contributed by atoms with van der Waals surface area (Å²) >= 11 is 0. The first-order chi connectivity index (χ1) is 11.8. The van der Waals surface area contributed by atoms with Crippen molar-refractivity contribution in [1.82, 2.24) is 15.0 Å². The minimum atomic E-state index is -0.664. The number of nitriles is 1. The molecule has 0 fully saturated rings. The van der Waals surface area contributed by atoms with Gasteiger partial charge in [-0.05, 0) is 29.5 Å². The van der Waals surface area contributed by atoms with E-state index in [1.54, 1.807) is 4.90 Å². The van der Waals surface area contributed by atoms with Crippen molar-refractivity contribution in [3.05, 3.63) is 66.4 Å². The Hall–Kier alpha value is -3.66. The van der Waals surface area contributed by atoms with Crippen LogP contribution in [0.3, 0.4) is 0 Å². The van der Waals surface area contributed by atoms with Gasteiger partial charge >= 0.3 is 5.97 Å². The molecule has 0 saturated heterocycles. The molecule has 3 rings (SSSR count). The normalized spacial score (nSPS) is 10.0. The van der Waals surface area contributed by atoms with Gasteiger partial charge in [0.1, 0.15) is 0 Å². The highest BCUT2D eigenvalue weighted by Gasteiger charge is 2.27. The number of hydrogen-bond acceptors (Lipinski definition) is 6. The summed E-state index contributed by atoms with van der Waals surface area (Å²) in [7, 11) is 1.26. The molecule has 7 nitrogen and oxygen atoms in total. The zero-order valence-corrected chi connectivity index (χ0v) is 12.8. The molecule has 0 spiro atoms. The molecule has 0 saturated carbocycles. The minimum absolute atomic E-state index is 0.0354. The number of carbonyl (C=O) groups excluding carboxylic acids is 1. The summed E-state index contributed by atoms with van der Waals surface area (Å²) in [5, 5.41) is 16.9. The summed E-state index contributed by atoms with van der Waals surface area (Å²) in [5.74, 6) is -0.440. The third-order valence-electron chi connectivity index (χ3n) is 3.36. The summed E-state index contributed by atoms with van der Waals surface area (Å²) in [6, 6.07) is 18.7. The number of rotatable bonds is 4. The first kappa shape index (κ1) is 15.2. The molecular weight excluding hydrogens is 306 g/mol. The molecule has 118 valence electrons. The Morgan fingerprint density at radius 3 is 2.08 bits per heavy atom. The van der Waals surface area contributed by atoms with Crippen LogP contribution in [0, 0.1) is 11.5 Å². The van der Waals surface area contributed by atoms with Gasteiger partial charge in [-0.1, -0.05) is 36.4 Å². The second kappa shape index (κ2) is 6.62. The number of para-hydroxylation sites is 2. The summed E-state index contributed by atoms with van der Waals surface area (Å²) in [6.07, 6.45) is 1.91. The molecule has 0 bridgehead atoms. The molecule has 0 aliphatic rings. The van der Waals surface area contributed by atoms with Crippen LogP contribution >= 0.6 is 0 Å². The lowest BCUT2D eigenvalue weighted by Crippen LogP contribution is -2.17. The standard InChI is InChI=1S/C17H13N5O2/c1-24-17(23)15-16(21(12-18)20-19-15)22(13-8-4-2-5-9-13)14-10-6-3-7-11-14/h2-11H,1H3. The SMILES string of the molecule is COC(=O)c1nnn(C#N)c1N(c1ccccc1)c1ccccc1. The van der Waals surface area contributed by atoms with E-state index in [4.69, 9.17) is 4.74 Å². The molecule has 0 amide bonds. The molecule has 7 heteroatoms. The van der Waals surface area contributed by atoms with Gasteiger partial charge in [0.2, 0.25) is 11.9 Å². The second-order valence-corrected chi connectivity index (χ2v) is 4.77. The summed E-state index contributed by atoms with van der Waals surface area (Å²) in [5.41, 5.74) is 1.48. The number of anilines is 3. The molecule has 0 aliphatic heterocycles. The Morgan fingerprint density at radius 1 is 1.08 bits per heavy atom. The highest BCUT2D eigenvalue weighted by molar-refractivity contribution is 5.95. The average Bonchev–Trinajstić information content (AvgIpc) is 3.07. The van der Waals surface area contributed by atoms with Crippen LogP contribution in [0.15, 0.2) is 60.7 Å². The van der Waals surface area contributed by atoms with Crippen LogP contribution in [0.4, 0.5) is 17.2 Å². The van der Waals surface area contributed by atoms with E-state index in [2.05, 4.69) is 10.3 Å². The molecule has 2 aromatic carbocycles. The molecule has 0 radical (unpaired) electrons. The lowest BCUT2D eigenvalue weighted by Gasteiger charge is -2.24. The number of ether oxygens (including phenoxy) is 1. The first-order valence-corrected chi connectivity index (χ1v) is 7.10. The van der Waals surface area contributed by atoms with Crippen LogP contribution in [0.25, 0.3) is 0 Å². The Bertz CT molecular complexity index is 845. The molecule has 0 N–H and O–H groups in total. The van der Waals surface area contributed by atoms with Gasteiger partial charge < -0.3 is 4.74 Å². The number of methoxy groups -OCH3 is 1. The van der Waals surface area contributed by atoms with Crippen molar-refractivity contribution in [1.29, 1.82) is 5.26 Å². The number of esters is 1. The maximum Gasteiger partial charge on any atom is 0.362 e. The topological polar surface area (TPSA) is 84.0 Å². The van der Waals surface area contributed by atoms with Crippen LogP contribution in [0.2, 0.25) is 0 Å². The lowest BCUT2D eigenvalue weighted by molar-refractivity contribution is 0.0595. The van der Waals surface area contributed by atoms with Crippen molar-refractivity contribution in [2.45, 2.75) is 0 Å². The minimum Gasteiger partial charge on any atom is -0.464 e. The van der Waals surface area contributed by atoms with Crippen molar-refractivity contribution < 1.29 is 9.53 Å². The zero-order valence-electron chi connectivity index (χ0n) is 12.8. The van der Waals surface area contributed by atoms with Gasteiger partial charge in [-0.15, -0.1) is 9.78 Å². The van der Waals surface area contributed by atoms with Crippen LogP contribution < -0.4 is 4.90 Å². The first-order valence-electron chi connectivity index (χ1n) is 7.10. The van der Waals surface area contributed by atoms with Gasteiger partial charge in [-0.2, -0.15) is 5.26 Å². The van der Waals surface area contributed by atoms with Gasteiger partial charge in [0.15, 0.2) is 5.82 Å². The van der Waals surface area contributed by atoms with Gasteiger partial charge in [0.05, 0.1) is 7.11 Å².